The van der Waals surface area contributed by atoms with Crippen molar-refractivity contribution in [2.75, 3.05) is 0 Å². The summed E-state index contributed by atoms with van der Waals surface area (Å²) < 4.78 is 66.0. The Hall–Kier alpha value is 0.710. The fourth-order valence-electron chi connectivity index (χ4n) is 1.26. The molecule has 0 saturated carbocycles. The molecule has 0 spiro atoms. The Morgan fingerprint density at radius 2 is 1.50 bits per heavy atom. The van der Waals surface area contributed by atoms with Gasteiger partial charge in [-0.3, -0.25) is 4.99 Å². The molecule has 0 aliphatic heterocycles. The second kappa shape index (κ2) is 8.70. The molecule has 0 fully saturated rings. The van der Waals surface area contributed by atoms with Crippen LogP contribution in [-0.4, -0.2) is 37.7 Å². The Kier molecular flexibility index (Phi) is 9.87. The molecule has 1 aromatic rings. The molecular formula is C11H13NNa2O6S2. The van der Waals surface area contributed by atoms with E-state index in [-0.39, 0.29) is 64.7 Å². The number of hydrogen-bond donors (Lipinski definition) is 0. The zero-order chi connectivity index (χ0) is 15.8. The van der Waals surface area contributed by atoms with E-state index in [9.17, 15) is 25.9 Å². The van der Waals surface area contributed by atoms with E-state index < -0.39 is 35.6 Å². The van der Waals surface area contributed by atoms with Crippen LogP contribution in [-0.2, 0) is 20.2 Å². The van der Waals surface area contributed by atoms with E-state index in [1.165, 1.54) is 0 Å². The van der Waals surface area contributed by atoms with E-state index in [2.05, 4.69) is 4.99 Å². The number of benzene rings is 1. The normalized spacial score (nSPS) is 12.6. The zero-order valence-corrected chi connectivity index (χ0v) is 18.7. The van der Waals surface area contributed by atoms with E-state index in [0.29, 0.717) is 6.07 Å². The van der Waals surface area contributed by atoms with E-state index in [4.69, 9.17) is 0 Å². The van der Waals surface area contributed by atoms with Crippen molar-refractivity contribution in [2.24, 2.45) is 4.99 Å². The molecule has 7 nitrogen and oxygen atoms in total. The molecule has 22 heavy (non-hydrogen) atoms. The second-order valence-corrected chi connectivity index (χ2v) is 7.76. The van der Waals surface area contributed by atoms with Gasteiger partial charge >= 0.3 is 59.1 Å². The quantitative estimate of drug-likeness (QED) is 0.299. The molecule has 0 bridgehead atoms. The van der Waals surface area contributed by atoms with Crippen molar-refractivity contribution in [1.29, 1.82) is 0 Å². The second-order valence-electron chi connectivity index (χ2n) is 5.04. The van der Waals surface area contributed by atoms with Crippen LogP contribution in [0.15, 0.2) is 33.0 Å². The van der Waals surface area contributed by atoms with Crippen LogP contribution >= 0.6 is 0 Å². The Morgan fingerprint density at radius 3 is 1.86 bits per heavy atom. The number of rotatable bonds is 3. The molecule has 0 aliphatic carbocycles. The van der Waals surface area contributed by atoms with E-state index in [1.54, 1.807) is 20.8 Å². The maximum absolute atomic E-state index is 11.1. The third-order valence-corrected chi connectivity index (χ3v) is 3.86. The number of hydrogen-bond acceptors (Lipinski definition) is 7. The van der Waals surface area contributed by atoms with Gasteiger partial charge in [0, 0.05) is 11.8 Å². The van der Waals surface area contributed by atoms with Crippen LogP contribution in [0.4, 0.5) is 0 Å². The van der Waals surface area contributed by atoms with Gasteiger partial charge in [-0.15, -0.1) is 0 Å². The van der Waals surface area contributed by atoms with E-state index in [0.717, 1.165) is 18.3 Å². The van der Waals surface area contributed by atoms with Gasteiger partial charge in [0.2, 0.25) is 0 Å². The number of aliphatic imine (C=N–C) groups is 1. The van der Waals surface area contributed by atoms with Crippen LogP contribution in [0.2, 0.25) is 0 Å². The van der Waals surface area contributed by atoms with Gasteiger partial charge in [-0.05, 0) is 32.9 Å². The molecule has 0 N–H and O–H groups in total. The van der Waals surface area contributed by atoms with Crippen molar-refractivity contribution < 1.29 is 85.1 Å². The van der Waals surface area contributed by atoms with Crippen LogP contribution in [0.25, 0.3) is 0 Å². The van der Waals surface area contributed by atoms with Crippen molar-refractivity contribution in [1.82, 2.24) is 0 Å². The Morgan fingerprint density at radius 1 is 1.00 bits per heavy atom. The molecule has 0 saturated heterocycles. The summed E-state index contributed by atoms with van der Waals surface area (Å²) in [5, 5.41) is 0. The van der Waals surface area contributed by atoms with Crippen LogP contribution in [0.1, 0.15) is 26.3 Å². The van der Waals surface area contributed by atoms with Crippen molar-refractivity contribution >= 4 is 26.5 Å². The minimum atomic E-state index is -4.93. The standard InChI is InChI=1S/C11H15NO6S2.2Na/c1-11(2,3)12-7-8-4-5-9(19(13,14)15)6-10(8)20(16,17)18;;/h4-7H,1-3H3,(H,13,14,15)(H,16,17,18);;/q;2*+1/p-2. The summed E-state index contributed by atoms with van der Waals surface area (Å²) in [6.45, 7) is 5.27. The summed E-state index contributed by atoms with van der Waals surface area (Å²) in [5.41, 5.74) is -0.574. The topological polar surface area (TPSA) is 127 Å². The van der Waals surface area contributed by atoms with Crippen LogP contribution in [0.3, 0.4) is 0 Å². The third kappa shape index (κ3) is 8.00. The van der Waals surface area contributed by atoms with Gasteiger partial charge < -0.3 is 9.11 Å². The Labute approximate surface area is 174 Å². The maximum atomic E-state index is 11.1. The summed E-state index contributed by atoms with van der Waals surface area (Å²) in [5.74, 6) is 0. The minimum Gasteiger partial charge on any atom is -0.744 e. The summed E-state index contributed by atoms with van der Waals surface area (Å²) in [6, 6.07) is 2.54. The van der Waals surface area contributed by atoms with Crippen LogP contribution in [0.5, 0.6) is 0 Å². The molecule has 1 aromatic carbocycles. The molecule has 0 atom stereocenters. The van der Waals surface area contributed by atoms with Gasteiger partial charge in [-0.25, -0.2) is 16.8 Å². The average molecular weight is 365 g/mol. The summed E-state index contributed by atoms with van der Waals surface area (Å²) in [4.78, 5) is 2.47. The molecule has 11 heteroatoms. The monoisotopic (exact) mass is 365 g/mol. The van der Waals surface area contributed by atoms with Gasteiger partial charge in [-0.2, -0.15) is 0 Å². The average Bonchev–Trinajstić information content (AvgIpc) is 2.22. The molecule has 0 amide bonds. The zero-order valence-electron chi connectivity index (χ0n) is 13.0. The Bertz CT molecular complexity index is 751. The fraction of sp³-hybridized carbons (Fsp3) is 0.364. The first-order chi connectivity index (χ1) is 8.81. The fourth-order valence-corrected chi connectivity index (χ4v) is 2.51. The smallest absolute Gasteiger partial charge is 0.744 e. The van der Waals surface area contributed by atoms with Gasteiger partial charge in [0.25, 0.3) is 0 Å². The molecule has 112 valence electrons. The van der Waals surface area contributed by atoms with Crippen molar-refractivity contribution in [2.45, 2.75) is 36.1 Å². The SMILES string of the molecule is CC(C)(C)N=Cc1ccc(S(=O)(=O)[O-])cc1S(=O)(=O)[O-].[Na+].[Na+]. The maximum Gasteiger partial charge on any atom is 1.00 e. The van der Waals surface area contributed by atoms with Gasteiger partial charge in [0.05, 0.1) is 15.3 Å². The molecule has 0 aromatic heterocycles. The predicted molar refractivity (Wildman–Crippen MR) is 69.7 cm³/mol. The first-order valence-electron chi connectivity index (χ1n) is 5.42. The molecule has 0 radical (unpaired) electrons. The van der Waals surface area contributed by atoms with Gasteiger partial charge in [-0.1, -0.05) is 6.07 Å². The van der Waals surface area contributed by atoms with Crippen LogP contribution < -0.4 is 59.1 Å². The van der Waals surface area contributed by atoms with Crippen LogP contribution in [0, 0.1) is 0 Å². The van der Waals surface area contributed by atoms with Crippen molar-refractivity contribution in [3.8, 4) is 0 Å². The largest absolute Gasteiger partial charge is 1.00 e. The van der Waals surface area contributed by atoms with Crippen molar-refractivity contribution in [3.05, 3.63) is 23.8 Å². The minimum absolute atomic E-state index is 0. The van der Waals surface area contributed by atoms with E-state index >= 15 is 0 Å². The summed E-state index contributed by atoms with van der Waals surface area (Å²) in [6.07, 6.45) is 1.16. The molecule has 0 unspecified atom stereocenters. The molecular weight excluding hydrogens is 352 g/mol. The Balaban J connectivity index is 0. The molecule has 0 heterocycles. The summed E-state index contributed by atoms with van der Waals surface area (Å²) >= 11 is 0. The molecule has 1 rings (SSSR count). The third-order valence-electron chi connectivity index (χ3n) is 2.13. The molecule has 0 aliphatic rings. The first kappa shape index (κ1) is 25.0. The predicted octanol–water partition coefficient (Wildman–Crippen LogP) is -5.28. The van der Waals surface area contributed by atoms with E-state index in [1.807, 2.05) is 0 Å². The van der Waals surface area contributed by atoms with Gasteiger partial charge in [0.1, 0.15) is 20.2 Å². The number of nitrogens with zero attached hydrogens (tertiary/aromatic N) is 1. The van der Waals surface area contributed by atoms with Crippen molar-refractivity contribution in [3.63, 3.8) is 0 Å². The summed E-state index contributed by atoms with van der Waals surface area (Å²) in [7, 11) is -9.77. The van der Waals surface area contributed by atoms with Gasteiger partial charge in [0.15, 0.2) is 0 Å². The first-order valence-corrected chi connectivity index (χ1v) is 8.23.